The lowest BCUT2D eigenvalue weighted by atomic mass is 10.4. The predicted molar refractivity (Wildman–Crippen MR) is 67.7 cm³/mol. The zero-order valence-electron chi connectivity index (χ0n) is 9.29. The molecule has 4 nitrogen and oxygen atoms in total. The molecule has 0 aliphatic rings. The van der Waals surface area contributed by atoms with E-state index in [4.69, 9.17) is 0 Å². The van der Waals surface area contributed by atoms with E-state index in [0.717, 1.165) is 36.9 Å². The molecule has 1 rings (SSSR count). The standard InChI is InChI=1S/C10H18N4S/c1-3-4-11-9-7-10(14-8-13-9)12-5-6-15-2/h7-8H,3-6H2,1-2H3,(H2,11,12,13,14). The van der Waals surface area contributed by atoms with Crippen LogP contribution in [-0.4, -0.2) is 35.1 Å². The van der Waals surface area contributed by atoms with Crippen molar-refractivity contribution < 1.29 is 0 Å². The summed E-state index contributed by atoms with van der Waals surface area (Å²) >= 11 is 1.82. The number of rotatable bonds is 7. The van der Waals surface area contributed by atoms with E-state index in [2.05, 4.69) is 33.8 Å². The van der Waals surface area contributed by atoms with E-state index < -0.39 is 0 Å². The van der Waals surface area contributed by atoms with Crippen molar-refractivity contribution in [2.24, 2.45) is 0 Å². The van der Waals surface area contributed by atoms with Crippen LogP contribution in [0.15, 0.2) is 12.4 Å². The molecule has 1 heterocycles. The largest absolute Gasteiger partial charge is 0.370 e. The van der Waals surface area contributed by atoms with Crippen LogP contribution >= 0.6 is 11.8 Å². The smallest absolute Gasteiger partial charge is 0.131 e. The van der Waals surface area contributed by atoms with Gasteiger partial charge >= 0.3 is 0 Å². The van der Waals surface area contributed by atoms with E-state index >= 15 is 0 Å². The van der Waals surface area contributed by atoms with Gasteiger partial charge < -0.3 is 10.6 Å². The summed E-state index contributed by atoms with van der Waals surface area (Å²) in [6.07, 6.45) is 4.77. The van der Waals surface area contributed by atoms with Crippen LogP contribution in [-0.2, 0) is 0 Å². The quantitative estimate of drug-likeness (QED) is 0.697. The van der Waals surface area contributed by atoms with Gasteiger partial charge in [-0.2, -0.15) is 11.8 Å². The first kappa shape index (κ1) is 12.1. The van der Waals surface area contributed by atoms with Crippen molar-refractivity contribution in [3.63, 3.8) is 0 Å². The van der Waals surface area contributed by atoms with Crippen molar-refractivity contribution in [2.45, 2.75) is 13.3 Å². The van der Waals surface area contributed by atoms with Gasteiger partial charge in [-0.1, -0.05) is 6.92 Å². The molecule has 0 atom stereocenters. The predicted octanol–water partition coefficient (Wildman–Crippen LogP) is 2.07. The van der Waals surface area contributed by atoms with Crippen LogP contribution in [0.2, 0.25) is 0 Å². The molecule has 2 N–H and O–H groups in total. The van der Waals surface area contributed by atoms with Crippen LogP contribution in [0.3, 0.4) is 0 Å². The molecule has 0 unspecified atom stereocenters. The van der Waals surface area contributed by atoms with Crippen LogP contribution < -0.4 is 10.6 Å². The molecule has 0 aromatic carbocycles. The Morgan fingerprint density at radius 2 is 1.87 bits per heavy atom. The Labute approximate surface area is 95.3 Å². The van der Waals surface area contributed by atoms with Crippen LogP contribution in [0.1, 0.15) is 13.3 Å². The van der Waals surface area contributed by atoms with E-state index in [0.29, 0.717) is 0 Å². The fraction of sp³-hybridized carbons (Fsp3) is 0.600. The second-order valence-corrected chi connectivity index (χ2v) is 4.12. The highest BCUT2D eigenvalue weighted by atomic mass is 32.2. The van der Waals surface area contributed by atoms with Crippen LogP contribution in [0, 0.1) is 0 Å². The Balaban J connectivity index is 2.42. The number of hydrogen-bond donors (Lipinski definition) is 2. The second-order valence-electron chi connectivity index (χ2n) is 3.13. The maximum absolute atomic E-state index is 4.15. The maximum Gasteiger partial charge on any atom is 0.131 e. The van der Waals surface area contributed by atoms with E-state index in [1.165, 1.54) is 0 Å². The first-order chi connectivity index (χ1) is 7.36. The molecule has 1 aromatic rings. The zero-order valence-corrected chi connectivity index (χ0v) is 10.1. The zero-order chi connectivity index (χ0) is 10.9. The molecule has 5 heteroatoms. The molecule has 0 bridgehead atoms. The summed E-state index contributed by atoms with van der Waals surface area (Å²) < 4.78 is 0. The topological polar surface area (TPSA) is 49.8 Å². The van der Waals surface area contributed by atoms with Gasteiger partial charge in [0.15, 0.2) is 0 Å². The van der Waals surface area contributed by atoms with Crippen LogP contribution in [0.5, 0.6) is 0 Å². The lowest BCUT2D eigenvalue weighted by molar-refractivity contribution is 0.964. The van der Waals surface area contributed by atoms with Gasteiger partial charge in [0, 0.05) is 24.9 Å². The Bertz CT molecular complexity index is 280. The average molecular weight is 226 g/mol. The Morgan fingerprint density at radius 1 is 1.20 bits per heavy atom. The van der Waals surface area contributed by atoms with Crippen molar-refractivity contribution in [1.82, 2.24) is 9.97 Å². The van der Waals surface area contributed by atoms with Crippen LogP contribution in [0.4, 0.5) is 11.6 Å². The minimum Gasteiger partial charge on any atom is -0.370 e. The van der Waals surface area contributed by atoms with E-state index in [-0.39, 0.29) is 0 Å². The van der Waals surface area contributed by atoms with E-state index in [9.17, 15) is 0 Å². The molecule has 0 saturated carbocycles. The second kappa shape index (κ2) is 7.34. The summed E-state index contributed by atoms with van der Waals surface area (Å²) in [5.74, 6) is 2.86. The molecule has 0 radical (unpaired) electrons. The number of hydrogen-bond acceptors (Lipinski definition) is 5. The van der Waals surface area contributed by atoms with Crippen molar-refractivity contribution in [3.8, 4) is 0 Å². The molecule has 0 amide bonds. The summed E-state index contributed by atoms with van der Waals surface area (Å²) in [4.78, 5) is 8.29. The minimum atomic E-state index is 0.887. The molecule has 0 aliphatic carbocycles. The third-order valence-electron chi connectivity index (χ3n) is 1.84. The molecule has 0 saturated heterocycles. The molecular formula is C10H18N4S. The Kier molecular flexibility index (Phi) is 5.92. The van der Waals surface area contributed by atoms with Gasteiger partial charge in [0.1, 0.15) is 18.0 Å². The summed E-state index contributed by atoms with van der Waals surface area (Å²) in [5.41, 5.74) is 0. The van der Waals surface area contributed by atoms with E-state index in [1.54, 1.807) is 6.33 Å². The van der Waals surface area contributed by atoms with Crippen molar-refractivity contribution in [3.05, 3.63) is 12.4 Å². The molecule has 0 fully saturated rings. The highest BCUT2D eigenvalue weighted by molar-refractivity contribution is 7.98. The number of thioether (sulfide) groups is 1. The Hall–Kier alpha value is -0.970. The summed E-state index contributed by atoms with van der Waals surface area (Å²) in [6, 6.07) is 1.94. The summed E-state index contributed by atoms with van der Waals surface area (Å²) in [6.45, 7) is 4.01. The van der Waals surface area contributed by atoms with Gasteiger partial charge in [-0.3, -0.25) is 0 Å². The van der Waals surface area contributed by atoms with Gasteiger partial charge in [0.05, 0.1) is 0 Å². The Morgan fingerprint density at radius 3 is 2.47 bits per heavy atom. The lowest BCUT2D eigenvalue weighted by Gasteiger charge is -2.07. The van der Waals surface area contributed by atoms with E-state index in [1.807, 2.05) is 17.8 Å². The molecule has 0 aliphatic heterocycles. The third-order valence-corrected chi connectivity index (χ3v) is 2.45. The van der Waals surface area contributed by atoms with Crippen molar-refractivity contribution in [2.75, 3.05) is 35.7 Å². The van der Waals surface area contributed by atoms with Gasteiger partial charge in [-0.25, -0.2) is 9.97 Å². The van der Waals surface area contributed by atoms with Gasteiger partial charge in [-0.15, -0.1) is 0 Å². The van der Waals surface area contributed by atoms with Crippen molar-refractivity contribution in [1.29, 1.82) is 0 Å². The van der Waals surface area contributed by atoms with Gasteiger partial charge in [0.25, 0.3) is 0 Å². The number of nitrogens with one attached hydrogen (secondary N) is 2. The monoisotopic (exact) mass is 226 g/mol. The fourth-order valence-electron chi connectivity index (χ4n) is 1.08. The normalized spacial score (nSPS) is 10.0. The van der Waals surface area contributed by atoms with Gasteiger partial charge in [0.2, 0.25) is 0 Å². The highest BCUT2D eigenvalue weighted by Gasteiger charge is 1.96. The number of aromatic nitrogens is 2. The van der Waals surface area contributed by atoms with Crippen LogP contribution in [0.25, 0.3) is 0 Å². The lowest BCUT2D eigenvalue weighted by Crippen LogP contribution is -2.07. The highest BCUT2D eigenvalue weighted by Crippen LogP contribution is 2.08. The molecular weight excluding hydrogens is 208 g/mol. The summed E-state index contributed by atoms with van der Waals surface area (Å²) in [7, 11) is 0. The average Bonchev–Trinajstić information content (AvgIpc) is 2.27. The number of nitrogens with zero attached hydrogens (tertiary/aromatic N) is 2. The SMILES string of the molecule is CCCNc1cc(NCCSC)ncn1. The van der Waals surface area contributed by atoms with Crippen molar-refractivity contribution >= 4 is 23.4 Å². The molecule has 0 spiro atoms. The molecule has 1 aromatic heterocycles. The first-order valence-corrected chi connectivity index (χ1v) is 6.55. The molecule has 84 valence electrons. The third kappa shape index (κ3) is 4.88. The maximum atomic E-state index is 4.15. The first-order valence-electron chi connectivity index (χ1n) is 5.15. The summed E-state index contributed by atoms with van der Waals surface area (Å²) in [5, 5.41) is 6.48. The van der Waals surface area contributed by atoms with Gasteiger partial charge in [-0.05, 0) is 12.7 Å². The number of anilines is 2. The molecule has 15 heavy (non-hydrogen) atoms. The minimum absolute atomic E-state index is 0.887. The fourth-order valence-corrected chi connectivity index (χ4v) is 1.39.